The monoisotopic (exact) mass is 461 g/mol. The molecule has 0 aliphatic carbocycles. The number of anilines is 1. The van der Waals surface area contributed by atoms with Crippen molar-refractivity contribution in [2.45, 2.75) is 26.7 Å². The maximum Gasteiger partial charge on any atom is 0.263 e. The summed E-state index contributed by atoms with van der Waals surface area (Å²) in [5.74, 6) is 1.29. The Hall–Kier alpha value is -2.63. The van der Waals surface area contributed by atoms with Gasteiger partial charge in [0.15, 0.2) is 0 Å². The lowest BCUT2D eigenvalue weighted by Gasteiger charge is -2.38. The molecule has 1 aliphatic heterocycles. The van der Waals surface area contributed by atoms with Crippen LogP contribution in [0.25, 0.3) is 21.9 Å². The first-order valence-corrected chi connectivity index (χ1v) is 12.8. The summed E-state index contributed by atoms with van der Waals surface area (Å²) in [6, 6.07) is 15.5. The van der Waals surface area contributed by atoms with Gasteiger partial charge in [-0.05, 0) is 69.8 Å². The molecule has 0 N–H and O–H groups in total. The normalized spacial score (nSPS) is 14.8. The first kappa shape index (κ1) is 23.5. The van der Waals surface area contributed by atoms with Gasteiger partial charge in [-0.25, -0.2) is 0 Å². The number of aromatic nitrogens is 1. The second-order valence-corrected chi connectivity index (χ2v) is 10.4. The van der Waals surface area contributed by atoms with Gasteiger partial charge >= 0.3 is 0 Å². The van der Waals surface area contributed by atoms with E-state index in [1.54, 1.807) is 0 Å². The number of benzene rings is 2. The molecule has 4 nitrogen and oxygen atoms in total. The third kappa shape index (κ3) is 4.99. The molecular formula is C28H37N4S+. The zero-order valence-electron chi connectivity index (χ0n) is 20.9. The number of aryl methyl sites for hydroxylation is 2. The first-order valence-electron chi connectivity index (χ1n) is 11.9. The molecule has 0 bridgehead atoms. The molecule has 0 atom stereocenters. The summed E-state index contributed by atoms with van der Waals surface area (Å²) >= 11 is 1.86. The lowest BCUT2D eigenvalue weighted by molar-refractivity contribution is -0.642. The minimum absolute atomic E-state index is 1.06. The largest absolute Gasteiger partial charge is 0.358 e. The highest BCUT2D eigenvalue weighted by atomic mass is 32.1. The van der Waals surface area contributed by atoms with Gasteiger partial charge in [-0.15, -0.1) is 0 Å². The predicted molar refractivity (Wildman–Crippen MR) is 144 cm³/mol. The number of rotatable bonds is 8. The second kappa shape index (κ2) is 10.1. The zero-order chi connectivity index (χ0) is 23.5. The number of para-hydroxylation sites is 1. The van der Waals surface area contributed by atoms with E-state index in [2.05, 4.69) is 116 Å². The van der Waals surface area contributed by atoms with Gasteiger partial charge in [0.2, 0.25) is 5.52 Å². The van der Waals surface area contributed by atoms with Crippen LogP contribution in [0.2, 0.25) is 0 Å². The average molecular weight is 462 g/mol. The summed E-state index contributed by atoms with van der Waals surface area (Å²) in [4.78, 5) is 7.20. The van der Waals surface area contributed by atoms with Crippen LogP contribution in [0.5, 0.6) is 0 Å². The maximum atomic E-state index is 2.56. The number of fused-ring (bicyclic) bond motifs is 2. The fourth-order valence-electron chi connectivity index (χ4n) is 4.59. The van der Waals surface area contributed by atoms with E-state index in [-0.39, 0.29) is 0 Å². The van der Waals surface area contributed by atoms with E-state index in [1.807, 2.05) is 11.3 Å². The SMILES string of the molecule is CCCN(CCCN(C)C)C1=C/C(=C/c2sc3ccc(C)cc3[n+]2C)c2ccccc2N1C. The molecule has 5 heteroatoms. The molecule has 0 fully saturated rings. The summed E-state index contributed by atoms with van der Waals surface area (Å²) in [6.45, 7) is 7.67. The average Bonchev–Trinajstić information content (AvgIpc) is 3.10. The van der Waals surface area contributed by atoms with Crippen molar-refractivity contribution in [3.05, 3.63) is 70.5 Å². The quantitative estimate of drug-likeness (QED) is 0.410. The van der Waals surface area contributed by atoms with Crippen molar-refractivity contribution in [2.24, 2.45) is 7.05 Å². The van der Waals surface area contributed by atoms with E-state index >= 15 is 0 Å². The van der Waals surface area contributed by atoms with Gasteiger partial charge in [-0.3, -0.25) is 0 Å². The Kier molecular flexibility index (Phi) is 7.20. The van der Waals surface area contributed by atoms with E-state index in [0.29, 0.717) is 0 Å². The third-order valence-corrected chi connectivity index (χ3v) is 7.52. The van der Waals surface area contributed by atoms with Crippen molar-refractivity contribution in [3.63, 3.8) is 0 Å². The second-order valence-electron chi connectivity index (χ2n) is 9.29. The van der Waals surface area contributed by atoms with Crippen molar-refractivity contribution in [3.8, 4) is 0 Å². The van der Waals surface area contributed by atoms with E-state index in [4.69, 9.17) is 0 Å². The van der Waals surface area contributed by atoms with Crippen LogP contribution in [0, 0.1) is 6.92 Å². The van der Waals surface area contributed by atoms with Gasteiger partial charge in [0.25, 0.3) is 5.01 Å². The number of hydrogen-bond acceptors (Lipinski definition) is 4. The summed E-state index contributed by atoms with van der Waals surface area (Å²) in [5.41, 5.74) is 6.45. The molecule has 0 saturated carbocycles. The summed E-state index contributed by atoms with van der Waals surface area (Å²) in [5, 5.41) is 1.27. The summed E-state index contributed by atoms with van der Waals surface area (Å²) < 4.78 is 3.66. The highest BCUT2D eigenvalue weighted by Gasteiger charge is 2.25. The van der Waals surface area contributed by atoms with Gasteiger partial charge in [0.1, 0.15) is 17.6 Å². The Bertz CT molecular complexity index is 1190. The van der Waals surface area contributed by atoms with Gasteiger partial charge < -0.3 is 14.7 Å². The van der Waals surface area contributed by atoms with E-state index < -0.39 is 0 Å². The van der Waals surface area contributed by atoms with Gasteiger partial charge in [0.05, 0.1) is 0 Å². The fraction of sp³-hybridized carbons (Fsp3) is 0.393. The molecule has 0 saturated heterocycles. The third-order valence-electron chi connectivity index (χ3n) is 6.36. The molecule has 33 heavy (non-hydrogen) atoms. The highest BCUT2D eigenvalue weighted by molar-refractivity contribution is 7.18. The molecule has 2 heterocycles. The fourth-order valence-corrected chi connectivity index (χ4v) is 5.68. The molecule has 1 aromatic heterocycles. The Labute approximate surface area is 203 Å². The molecule has 3 aromatic rings. The molecule has 1 aliphatic rings. The van der Waals surface area contributed by atoms with Crippen LogP contribution in [-0.4, -0.2) is 50.6 Å². The molecule has 174 valence electrons. The molecule has 2 aromatic carbocycles. The van der Waals surface area contributed by atoms with Crippen LogP contribution in [0.4, 0.5) is 5.69 Å². The van der Waals surface area contributed by atoms with Crippen LogP contribution in [0.3, 0.4) is 0 Å². The number of thiazole rings is 1. The summed E-state index contributed by atoms with van der Waals surface area (Å²) in [7, 11) is 8.69. The molecule has 0 unspecified atom stereocenters. The van der Waals surface area contributed by atoms with Crippen LogP contribution >= 0.6 is 11.3 Å². The zero-order valence-corrected chi connectivity index (χ0v) is 21.7. The first-order chi connectivity index (χ1) is 15.9. The number of hydrogen-bond donors (Lipinski definition) is 0. The van der Waals surface area contributed by atoms with Crippen LogP contribution in [-0.2, 0) is 7.05 Å². The molecule has 0 amide bonds. The molecule has 0 spiro atoms. The Morgan fingerprint density at radius 3 is 2.61 bits per heavy atom. The Morgan fingerprint density at radius 2 is 1.85 bits per heavy atom. The van der Waals surface area contributed by atoms with Crippen LogP contribution in [0.1, 0.15) is 35.9 Å². The minimum Gasteiger partial charge on any atom is -0.358 e. The lowest BCUT2D eigenvalue weighted by atomic mass is 9.98. The Morgan fingerprint density at radius 1 is 1.06 bits per heavy atom. The minimum atomic E-state index is 1.06. The van der Waals surface area contributed by atoms with Crippen molar-refractivity contribution in [1.82, 2.24) is 9.80 Å². The highest BCUT2D eigenvalue weighted by Crippen LogP contribution is 2.38. The number of allylic oxidation sites excluding steroid dienone is 2. The number of nitrogens with zero attached hydrogens (tertiary/aromatic N) is 4. The Balaban J connectivity index is 1.78. The van der Waals surface area contributed by atoms with Crippen LogP contribution < -0.4 is 9.47 Å². The van der Waals surface area contributed by atoms with E-state index in [0.717, 1.165) is 32.5 Å². The summed E-state index contributed by atoms with van der Waals surface area (Å²) in [6.07, 6.45) is 7.06. The molecule has 4 rings (SSSR count). The van der Waals surface area contributed by atoms with E-state index in [9.17, 15) is 0 Å². The van der Waals surface area contributed by atoms with Crippen LogP contribution in [0.15, 0.2) is 54.4 Å². The standard InChI is InChI=1S/C28H37N4S/c1-7-15-32(17-10-16-29(3)4)27-19-22(23-11-8-9-12-24(23)30(27)5)20-28-31(6)25-18-21(2)13-14-26(25)33-28/h8-9,11-14,18-20H,7,10,15-17H2,1-6H3/q+1. The van der Waals surface area contributed by atoms with Gasteiger partial charge in [-0.1, -0.05) is 42.5 Å². The lowest BCUT2D eigenvalue weighted by Crippen LogP contribution is -2.37. The van der Waals surface area contributed by atoms with Crippen molar-refractivity contribution in [2.75, 3.05) is 45.7 Å². The molecule has 0 radical (unpaired) electrons. The topological polar surface area (TPSA) is 13.6 Å². The van der Waals surface area contributed by atoms with Gasteiger partial charge in [0, 0.05) is 43.5 Å². The predicted octanol–water partition coefficient (Wildman–Crippen LogP) is 5.53. The molecular weight excluding hydrogens is 424 g/mol. The van der Waals surface area contributed by atoms with E-state index in [1.165, 1.54) is 43.4 Å². The van der Waals surface area contributed by atoms with Gasteiger partial charge in [-0.2, -0.15) is 4.57 Å². The van der Waals surface area contributed by atoms with Crippen molar-refractivity contribution in [1.29, 1.82) is 0 Å². The van der Waals surface area contributed by atoms with Crippen molar-refractivity contribution < 1.29 is 4.57 Å². The van der Waals surface area contributed by atoms with Crippen molar-refractivity contribution >= 4 is 38.9 Å². The smallest absolute Gasteiger partial charge is 0.263 e. The maximum absolute atomic E-state index is 2.56.